The highest BCUT2D eigenvalue weighted by atomic mass is 16.6. The zero-order chi connectivity index (χ0) is 32.0. The average molecular weight is 612 g/mol. The summed E-state index contributed by atoms with van der Waals surface area (Å²) in [6.07, 6.45) is 9.52. The van der Waals surface area contributed by atoms with E-state index in [2.05, 4.69) is 18.7 Å². The van der Waals surface area contributed by atoms with E-state index in [1.165, 1.54) is 44.9 Å². The van der Waals surface area contributed by atoms with Crippen molar-refractivity contribution in [3.8, 4) is 0 Å². The zero-order valence-electron chi connectivity index (χ0n) is 28.0. The van der Waals surface area contributed by atoms with E-state index in [0.717, 1.165) is 19.0 Å². The van der Waals surface area contributed by atoms with Crippen LogP contribution in [0.25, 0.3) is 0 Å². The number of unbranched alkanes of at least 4 members (excludes halogenated alkanes) is 1. The predicted molar refractivity (Wildman–Crippen MR) is 167 cm³/mol. The van der Waals surface area contributed by atoms with Crippen molar-refractivity contribution in [1.29, 1.82) is 0 Å². The maximum Gasteiger partial charge on any atom is 0.306 e. The Labute approximate surface area is 261 Å². The summed E-state index contributed by atoms with van der Waals surface area (Å²) in [5.74, 6) is -0.871. The maximum atomic E-state index is 12.9. The number of rotatable bonds is 23. The van der Waals surface area contributed by atoms with Crippen molar-refractivity contribution in [1.82, 2.24) is 4.90 Å². The molecule has 1 unspecified atom stereocenters. The van der Waals surface area contributed by atoms with E-state index in [9.17, 15) is 19.2 Å². The van der Waals surface area contributed by atoms with Crippen LogP contribution in [0.1, 0.15) is 144 Å². The molecule has 9 nitrogen and oxygen atoms in total. The second kappa shape index (κ2) is 23.3. The number of carbonyl (C=O) groups is 4. The molecule has 0 spiro atoms. The normalized spacial score (nSPS) is 17.6. The summed E-state index contributed by atoms with van der Waals surface area (Å²) in [4.78, 5) is 52.4. The third kappa shape index (κ3) is 17.7. The van der Waals surface area contributed by atoms with Crippen LogP contribution < -0.4 is 0 Å². The molecule has 0 N–H and O–H groups in total. The number of likely N-dealkylation sites (tertiary alicyclic amines) is 1. The predicted octanol–water partition coefficient (Wildman–Crippen LogP) is 6.93. The van der Waals surface area contributed by atoms with Crippen LogP contribution in [0.5, 0.6) is 0 Å². The van der Waals surface area contributed by atoms with Gasteiger partial charge in [0.1, 0.15) is 12.2 Å². The van der Waals surface area contributed by atoms with Crippen molar-refractivity contribution in [3.63, 3.8) is 0 Å². The summed E-state index contributed by atoms with van der Waals surface area (Å²) in [5, 5.41) is 0. The topological polar surface area (TPSA) is 108 Å². The van der Waals surface area contributed by atoms with Gasteiger partial charge in [0.25, 0.3) is 0 Å². The number of hydrogen-bond acceptors (Lipinski definition) is 9. The minimum Gasteiger partial charge on any atom is -0.466 e. The molecular formula is C34H61NO8. The molecule has 0 saturated carbocycles. The Hall–Kier alpha value is -2.16. The van der Waals surface area contributed by atoms with Crippen molar-refractivity contribution in [3.05, 3.63) is 0 Å². The van der Waals surface area contributed by atoms with Crippen LogP contribution in [0, 0.1) is 5.92 Å². The highest BCUT2D eigenvalue weighted by Gasteiger charge is 2.36. The molecule has 0 aromatic carbocycles. The molecular weight excluding hydrogens is 550 g/mol. The first-order valence-corrected chi connectivity index (χ1v) is 17.1. The second-order valence-corrected chi connectivity index (χ2v) is 12.4. The molecule has 0 radical (unpaired) electrons. The van der Waals surface area contributed by atoms with Gasteiger partial charge in [-0.15, -0.1) is 0 Å². The molecule has 1 aliphatic rings. The summed E-state index contributed by atoms with van der Waals surface area (Å²) in [7, 11) is 0. The lowest BCUT2D eigenvalue weighted by Gasteiger charge is -2.36. The van der Waals surface area contributed by atoms with Crippen LogP contribution >= 0.6 is 0 Å². The van der Waals surface area contributed by atoms with E-state index in [4.69, 9.17) is 18.9 Å². The van der Waals surface area contributed by atoms with Crippen LogP contribution in [0.4, 0.5) is 0 Å². The van der Waals surface area contributed by atoms with Crippen LogP contribution in [-0.4, -0.2) is 72.8 Å². The number of piperidine rings is 1. The van der Waals surface area contributed by atoms with E-state index >= 15 is 0 Å². The van der Waals surface area contributed by atoms with Crippen LogP contribution in [0.2, 0.25) is 0 Å². The molecule has 0 aromatic heterocycles. The molecule has 0 amide bonds. The first kappa shape index (κ1) is 38.9. The van der Waals surface area contributed by atoms with E-state index < -0.39 is 30.3 Å². The van der Waals surface area contributed by atoms with Gasteiger partial charge in [0.2, 0.25) is 0 Å². The van der Waals surface area contributed by atoms with E-state index in [0.29, 0.717) is 38.1 Å². The molecule has 43 heavy (non-hydrogen) atoms. The van der Waals surface area contributed by atoms with Crippen molar-refractivity contribution >= 4 is 23.9 Å². The highest BCUT2D eigenvalue weighted by molar-refractivity contribution is 5.71. The first-order chi connectivity index (χ1) is 20.6. The summed E-state index contributed by atoms with van der Waals surface area (Å²) < 4.78 is 22.5. The van der Waals surface area contributed by atoms with E-state index in [-0.39, 0.29) is 44.2 Å². The van der Waals surface area contributed by atoms with Gasteiger partial charge in [-0.3, -0.25) is 19.2 Å². The van der Waals surface area contributed by atoms with Crippen LogP contribution in [-0.2, 0) is 38.1 Å². The Morgan fingerprint density at radius 2 is 1.35 bits per heavy atom. The third-order valence-corrected chi connectivity index (χ3v) is 7.87. The van der Waals surface area contributed by atoms with Gasteiger partial charge in [-0.25, -0.2) is 0 Å². The summed E-state index contributed by atoms with van der Waals surface area (Å²) in [6, 6.07) is 0.586. The fourth-order valence-corrected chi connectivity index (χ4v) is 5.55. The molecule has 0 aliphatic carbocycles. The molecule has 1 fully saturated rings. The van der Waals surface area contributed by atoms with Gasteiger partial charge < -0.3 is 23.8 Å². The van der Waals surface area contributed by atoms with Gasteiger partial charge in [0.05, 0.1) is 6.61 Å². The number of carbonyl (C=O) groups excluding carboxylic acids is 4. The van der Waals surface area contributed by atoms with Gasteiger partial charge in [0.15, 0.2) is 6.10 Å². The largest absolute Gasteiger partial charge is 0.466 e. The second-order valence-electron chi connectivity index (χ2n) is 12.4. The van der Waals surface area contributed by atoms with E-state index in [1.54, 1.807) is 6.92 Å². The smallest absolute Gasteiger partial charge is 0.306 e. The molecule has 1 aliphatic heterocycles. The molecule has 1 rings (SSSR count). The molecule has 250 valence electrons. The van der Waals surface area contributed by atoms with Crippen molar-refractivity contribution in [2.24, 2.45) is 5.92 Å². The lowest BCUT2D eigenvalue weighted by Crippen LogP contribution is -2.45. The SMILES string of the molecule is CCCC(=O)OCC[C@@H](OC(=O)CCC)[C@H](OC(=O)CCC)[C@H](C)OC(=O)CCCN1CCCCC1CCCCC(C)C. The monoisotopic (exact) mass is 611 g/mol. The number of esters is 4. The minimum atomic E-state index is -1.01. The standard InChI is InChI=1S/C34H61NO8/c1-7-15-30(36)40-25-22-29(42-31(37)16-8-2)34(43-32(38)17-9-3)27(6)41-33(39)21-14-24-35-23-13-12-20-28(35)19-11-10-18-26(4)5/h26-29,34H,7-25H2,1-6H3/t27-,28?,29+,34+/m0/s1. The summed E-state index contributed by atoms with van der Waals surface area (Å²) in [5.41, 5.74) is 0. The van der Waals surface area contributed by atoms with Gasteiger partial charge in [-0.2, -0.15) is 0 Å². The molecule has 9 heteroatoms. The number of ether oxygens (including phenoxy) is 4. The van der Waals surface area contributed by atoms with Crippen molar-refractivity contribution in [2.75, 3.05) is 19.7 Å². The first-order valence-electron chi connectivity index (χ1n) is 17.1. The lowest BCUT2D eigenvalue weighted by molar-refractivity contribution is -0.186. The molecule has 4 atom stereocenters. The lowest BCUT2D eigenvalue weighted by atomic mass is 9.95. The summed E-state index contributed by atoms with van der Waals surface area (Å²) in [6.45, 7) is 13.7. The van der Waals surface area contributed by atoms with Gasteiger partial charge in [-0.05, 0) is 70.9 Å². The molecule has 1 saturated heterocycles. The number of nitrogens with zero attached hydrogens (tertiary/aromatic N) is 1. The third-order valence-electron chi connectivity index (χ3n) is 7.87. The fraction of sp³-hybridized carbons (Fsp3) is 0.882. The Bertz CT molecular complexity index is 801. The Morgan fingerprint density at radius 1 is 0.721 bits per heavy atom. The minimum absolute atomic E-state index is 0.000128. The fourth-order valence-electron chi connectivity index (χ4n) is 5.55. The highest BCUT2D eigenvalue weighted by Crippen LogP contribution is 2.24. The molecule has 0 bridgehead atoms. The Morgan fingerprint density at radius 3 is 2.00 bits per heavy atom. The van der Waals surface area contributed by atoms with Crippen molar-refractivity contribution < 1.29 is 38.1 Å². The zero-order valence-corrected chi connectivity index (χ0v) is 28.0. The summed E-state index contributed by atoms with van der Waals surface area (Å²) >= 11 is 0. The van der Waals surface area contributed by atoms with Crippen LogP contribution in [0.3, 0.4) is 0 Å². The quantitative estimate of drug-likeness (QED) is 0.0690. The van der Waals surface area contributed by atoms with Gasteiger partial charge in [-0.1, -0.05) is 60.3 Å². The maximum absolute atomic E-state index is 12.9. The molecule has 1 heterocycles. The number of hydrogen-bond donors (Lipinski definition) is 0. The van der Waals surface area contributed by atoms with E-state index in [1.807, 2.05) is 20.8 Å². The van der Waals surface area contributed by atoms with Crippen LogP contribution in [0.15, 0.2) is 0 Å². The van der Waals surface area contributed by atoms with Gasteiger partial charge in [0, 0.05) is 38.1 Å². The molecule has 0 aromatic rings. The van der Waals surface area contributed by atoms with Crippen molar-refractivity contribution in [2.45, 2.75) is 169 Å². The average Bonchev–Trinajstić information content (AvgIpc) is 2.94. The van der Waals surface area contributed by atoms with Gasteiger partial charge >= 0.3 is 23.9 Å². The Balaban J connectivity index is 2.80. The Kier molecular flexibility index (Phi) is 21.0.